The van der Waals surface area contributed by atoms with Gasteiger partial charge in [0.2, 0.25) is 0 Å². The molecule has 0 bridgehead atoms. The Bertz CT molecular complexity index is 502. The maximum absolute atomic E-state index is 10.8. The monoisotopic (exact) mass is 289 g/mol. The summed E-state index contributed by atoms with van der Waals surface area (Å²) in [7, 11) is 1.69. The number of piperidine rings is 1. The largest absolute Gasteiger partial charge is 0.497 e. The summed E-state index contributed by atoms with van der Waals surface area (Å²) in [6.45, 7) is 5.77. The van der Waals surface area contributed by atoms with E-state index in [1.807, 2.05) is 12.1 Å². The van der Waals surface area contributed by atoms with Crippen LogP contribution in [0.1, 0.15) is 50.3 Å². The van der Waals surface area contributed by atoms with Gasteiger partial charge in [-0.15, -0.1) is 0 Å². The fourth-order valence-electron chi connectivity index (χ4n) is 4.15. The summed E-state index contributed by atoms with van der Waals surface area (Å²) in [5, 5.41) is 10.8. The SMILES string of the molecule is COc1ccc2c(c1)CCC(N1CCC(C)CC1C)C2O. The Labute approximate surface area is 127 Å². The lowest BCUT2D eigenvalue weighted by atomic mass is 9.82. The first-order valence-electron chi connectivity index (χ1n) is 8.20. The summed E-state index contributed by atoms with van der Waals surface area (Å²) in [5.41, 5.74) is 2.34. The quantitative estimate of drug-likeness (QED) is 0.908. The number of aliphatic hydroxyl groups is 1. The molecule has 0 radical (unpaired) electrons. The number of likely N-dealkylation sites (tertiary alicyclic amines) is 1. The van der Waals surface area contributed by atoms with Crippen LogP contribution in [0.5, 0.6) is 5.75 Å². The molecule has 1 N–H and O–H groups in total. The molecule has 0 saturated carbocycles. The topological polar surface area (TPSA) is 32.7 Å². The van der Waals surface area contributed by atoms with Crippen molar-refractivity contribution in [3.05, 3.63) is 29.3 Å². The second-order valence-corrected chi connectivity index (χ2v) is 6.83. The molecular formula is C18H27NO2. The van der Waals surface area contributed by atoms with Gasteiger partial charge in [-0.1, -0.05) is 13.0 Å². The summed E-state index contributed by atoms with van der Waals surface area (Å²) in [4.78, 5) is 2.54. The number of methoxy groups -OCH3 is 1. The average Bonchev–Trinajstić information content (AvgIpc) is 2.48. The molecular weight excluding hydrogens is 262 g/mol. The van der Waals surface area contributed by atoms with Gasteiger partial charge in [0.1, 0.15) is 5.75 Å². The van der Waals surface area contributed by atoms with Gasteiger partial charge in [0.25, 0.3) is 0 Å². The molecule has 4 atom stereocenters. The Balaban J connectivity index is 1.80. The predicted octanol–water partition coefficient (Wildman–Crippen LogP) is 3.16. The van der Waals surface area contributed by atoms with Crippen molar-refractivity contribution < 1.29 is 9.84 Å². The van der Waals surface area contributed by atoms with Gasteiger partial charge in [-0.3, -0.25) is 4.90 Å². The van der Waals surface area contributed by atoms with E-state index in [4.69, 9.17) is 4.74 Å². The molecule has 3 rings (SSSR count). The van der Waals surface area contributed by atoms with E-state index in [1.165, 1.54) is 18.4 Å². The number of aryl methyl sites for hydroxylation is 1. The maximum atomic E-state index is 10.8. The van der Waals surface area contributed by atoms with Gasteiger partial charge < -0.3 is 9.84 Å². The van der Waals surface area contributed by atoms with Gasteiger partial charge in [0.15, 0.2) is 0 Å². The van der Waals surface area contributed by atoms with Crippen LogP contribution in [-0.2, 0) is 6.42 Å². The first-order chi connectivity index (χ1) is 10.1. The van der Waals surface area contributed by atoms with E-state index < -0.39 is 0 Å². The molecule has 0 spiro atoms. The van der Waals surface area contributed by atoms with Crippen LogP contribution in [0.4, 0.5) is 0 Å². The highest BCUT2D eigenvalue weighted by molar-refractivity contribution is 5.39. The number of hydrogen-bond acceptors (Lipinski definition) is 3. The van der Waals surface area contributed by atoms with Crippen molar-refractivity contribution in [2.45, 2.75) is 57.7 Å². The molecule has 3 nitrogen and oxygen atoms in total. The van der Waals surface area contributed by atoms with Crippen LogP contribution in [0.2, 0.25) is 0 Å². The normalized spacial score (nSPS) is 33.5. The molecule has 116 valence electrons. The molecule has 1 aromatic rings. The molecule has 1 saturated heterocycles. The van der Waals surface area contributed by atoms with E-state index in [1.54, 1.807) is 7.11 Å². The third-order valence-corrected chi connectivity index (χ3v) is 5.36. The molecule has 0 aromatic heterocycles. The van der Waals surface area contributed by atoms with Gasteiger partial charge in [-0.05, 0) is 68.3 Å². The second-order valence-electron chi connectivity index (χ2n) is 6.83. The highest BCUT2D eigenvalue weighted by Crippen LogP contribution is 2.37. The number of fused-ring (bicyclic) bond motifs is 1. The molecule has 0 amide bonds. The molecule has 1 aliphatic heterocycles. The van der Waals surface area contributed by atoms with Crippen molar-refractivity contribution in [2.24, 2.45) is 5.92 Å². The van der Waals surface area contributed by atoms with Gasteiger partial charge in [0, 0.05) is 12.1 Å². The molecule has 1 fully saturated rings. The zero-order valence-electron chi connectivity index (χ0n) is 13.4. The van der Waals surface area contributed by atoms with E-state index in [2.05, 4.69) is 24.8 Å². The van der Waals surface area contributed by atoms with E-state index in [-0.39, 0.29) is 12.1 Å². The van der Waals surface area contributed by atoms with E-state index >= 15 is 0 Å². The minimum atomic E-state index is -0.365. The maximum Gasteiger partial charge on any atom is 0.119 e. The van der Waals surface area contributed by atoms with Gasteiger partial charge in [-0.25, -0.2) is 0 Å². The number of nitrogens with zero attached hydrogens (tertiary/aromatic N) is 1. The zero-order chi connectivity index (χ0) is 15.0. The zero-order valence-corrected chi connectivity index (χ0v) is 13.4. The van der Waals surface area contributed by atoms with Crippen molar-refractivity contribution in [1.82, 2.24) is 4.90 Å². The molecule has 1 heterocycles. The summed E-state index contributed by atoms with van der Waals surface area (Å²) < 4.78 is 5.30. The lowest BCUT2D eigenvalue weighted by Gasteiger charge is -2.45. The fourth-order valence-corrected chi connectivity index (χ4v) is 4.15. The number of ether oxygens (including phenoxy) is 1. The van der Waals surface area contributed by atoms with Crippen LogP contribution < -0.4 is 4.74 Å². The van der Waals surface area contributed by atoms with Crippen molar-refractivity contribution in [2.75, 3.05) is 13.7 Å². The predicted molar refractivity (Wildman–Crippen MR) is 84.6 cm³/mol. The van der Waals surface area contributed by atoms with Gasteiger partial charge in [-0.2, -0.15) is 0 Å². The van der Waals surface area contributed by atoms with Crippen LogP contribution in [0.3, 0.4) is 0 Å². The standard InChI is InChI=1S/C18H27NO2/c1-12-8-9-19(13(2)10-12)17-7-4-14-11-15(21-3)5-6-16(14)18(17)20/h5-6,11-13,17-18,20H,4,7-10H2,1-3H3. The van der Waals surface area contributed by atoms with Crippen molar-refractivity contribution in [3.8, 4) is 5.75 Å². The fraction of sp³-hybridized carbons (Fsp3) is 0.667. The highest BCUT2D eigenvalue weighted by atomic mass is 16.5. The molecule has 4 unspecified atom stereocenters. The molecule has 3 heteroatoms. The van der Waals surface area contributed by atoms with Crippen molar-refractivity contribution in [1.29, 1.82) is 0 Å². The Morgan fingerprint density at radius 1 is 1.24 bits per heavy atom. The van der Waals surface area contributed by atoms with Gasteiger partial charge in [0.05, 0.1) is 13.2 Å². The lowest BCUT2D eigenvalue weighted by molar-refractivity contribution is -0.00740. The van der Waals surface area contributed by atoms with Crippen LogP contribution in [0, 0.1) is 5.92 Å². The van der Waals surface area contributed by atoms with Crippen LogP contribution in [0.25, 0.3) is 0 Å². The van der Waals surface area contributed by atoms with Gasteiger partial charge >= 0.3 is 0 Å². The first-order valence-corrected chi connectivity index (χ1v) is 8.20. The lowest BCUT2D eigenvalue weighted by Crippen LogP contribution is -2.50. The van der Waals surface area contributed by atoms with E-state index in [9.17, 15) is 5.11 Å². The second kappa shape index (κ2) is 5.98. The minimum Gasteiger partial charge on any atom is -0.497 e. The summed E-state index contributed by atoms with van der Waals surface area (Å²) in [6.07, 6.45) is 4.21. The molecule has 1 aliphatic carbocycles. The minimum absolute atomic E-state index is 0.272. The number of benzene rings is 1. The highest BCUT2D eigenvalue weighted by Gasteiger charge is 2.36. The number of hydrogen-bond donors (Lipinski definition) is 1. The smallest absolute Gasteiger partial charge is 0.119 e. The molecule has 2 aliphatic rings. The number of rotatable bonds is 2. The van der Waals surface area contributed by atoms with Crippen LogP contribution in [0.15, 0.2) is 18.2 Å². The van der Waals surface area contributed by atoms with E-state index in [0.717, 1.165) is 36.6 Å². The van der Waals surface area contributed by atoms with Crippen LogP contribution >= 0.6 is 0 Å². The average molecular weight is 289 g/mol. The number of aliphatic hydroxyl groups excluding tert-OH is 1. The first kappa shape index (κ1) is 14.9. The Morgan fingerprint density at radius 2 is 2.05 bits per heavy atom. The third-order valence-electron chi connectivity index (χ3n) is 5.36. The van der Waals surface area contributed by atoms with Crippen LogP contribution in [-0.4, -0.2) is 35.7 Å². The Kier molecular flexibility index (Phi) is 4.23. The van der Waals surface area contributed by atoms with Crippen molar-refractivity contribution in [3.63, 3.8) is 0 Å². The summed E-state index contributed by atoms with van der Waals surface area (Å²) in [5.74, 6) is 1.70. The Morgan fingerprint density at radius 3 is 2.76 bits per heavy atom. The summed E-state index contributed by atoms with van der Waals surface area (Å²) >= 11 is 0. The molecule has 21 heavy (non-hydrogen) atoms. The summed E-state index contributed by atoms with van der Waals surface area (Å²) in [6, 6.07) is 6.94. The Hall–Kier alpha value is -1.06. The van der Waals surface area contributed by atoms with E-state index in [0.29, 0.717) is 6.04 Å². The third kappa shape index (κ3) is 2.82. The molecule has 1 aromatic carbocycles. The van der Waals surface area contributed by atoms with Crippen molar-refractivity contribution >= 4 is 0 Å².